The molecule has 11 heavy (non-hydrogen) atoms. The predicted octanol–water partition coefficient (Wildman–Crippen LogP) is 1.34. The van der Waals surface area contributed by atoms with E-state index in [1.54, 1.807) is 0 Å². The molecule has 0 aromatic heterocycles. The zero-order chi connectivity index (χ0) is 8.10. The average molecular weight is 157 g/mol. The highest BCUT2D eigenvalue weighted by Gasteiger charge is 2.20. The zero-order valence-corrected chi connectivity index (χ0v) is 7.01. The van der Waals surface area contributed by atoms with Crippen molar-refractivity contribution in [2.45, 2.75) is 32.6 Å². The van der Waals surface area contributed by atoms with Crippen LogP contribution in [0.2, 0.25) is 0 Å². The molecular formula is C8H15NO2. The van der Waals surface area contributed by atoms with Crippen molar-refractivity contribution in [1.82, 2.24) is 5.06 Å². The van der Waals surface area contributed by atoms with E-state index in [0.717, 1.165) is 25.8 Å². The lowest BCUT2D eigenvalue weighted by Gasteiger charge is -2.14. The molecule has 0 radical (unpaired) electrons. The molecule has 0 aromatic rings. The molecule has 0 aliphatic carbocycles. The van der Waals surface area contributed by atoms with Gasteiger partial charge in [0, 0.05) is 13.0 Å². The molecule has 1 amide bonds. The second-order valence-corrected chi connectivity index (χ2v) is 2.79. The third-order valence-electron chi connectivity index (χ3n) is 1.78. The number of unbranched alkanes of at least 4 members (excludes halogenated alkanes) is 1. The highest BCUT2D eigenvalue weighted by atomic mass is 16.7. The molecule has 3 heteroatoms. The molecule has 0 bridgehead atoms. The minimum absolute atomic E-state index is 0.140. The van der Waals surface area contributed by atoms with E-state index in [1.807, 2.05) is 0 Å². The second-order valence-electron chi connectivity index (χ2n) is 2.79. The highest BCUT2D eigenvalue weighted by Crippen LogP contribution is 2.09. The first-order valence-electron chi connectivity index (χ1n) is 4.28. The Balaban J connectivity index is 2.10. The van der Waals surface area contributed by atoms with Gasteiger partial charge in [-0.1, -0.05) is 13.3 Å². The second kappa shape index (κ2) is 4.34. The Hall–Kier alpha value is -0.570. The lowest BCUT2D eigenvalue weighted by molar-refractivity contribution is -0.177. The van der Waals surface area contributed by atoms with E-state index in [9.17, 15) is 4.79 Å². The van der Waals surface area contributed by atoms with Gasteiger partial charge in [0.25, 0.3) is 0 Å². The first-order chi connectivity index (χ1) is 5.34. The summed E-state index contributed by atoms with van der Waals surface area (Å²) >= 11 is 0. The van der Waals surface area contributed by atoms with E-state index in [2.05, 4.69) is 6.92 Å². The molecule has 0 aromatic carbocycles. The normalized spacial score (nSPS) is 17.9. The Morgan fingerprint density at radius 1 is 1.64 bits per heavy atom. The Kier molecular flexibility index (Phi) is 3.36. The summed E-state index contributed by atoms with van der Waals surface area (Å²) in [7, 11) is 0. The van der Waals surface area contributed by atoms with Gasteiger partial charge in [0.15, 0.2) is 0 Å². The van der Waals surface area contributed by atoms with Gasteiger partial charge < -0.3 is 0 Å². The van der Waals surface area contributed by atoms with Crippen LogP contribution in [0.3, 0.4) is 0 Å². The summed E-state index contributed by atoms with van der Waals surface area (Å²) in [5.74, 6) is 0.140. The third-order valence-corrected chi connectivity index (χ3v) is 1.78. The van der Waals surface area contributed by atoms with Gasteiger partial charge in [-0.25, -0.2) is 5.06 Å². The number of rotatable bonds is 4. The van der Waals surface area contributed by atoms with Crippen LogP contribution in [0.15, 0.2) is 0 Å². The SMILES string of the molecule is CCCCON1CCCC1=O. The van der Waals surface area contributed by atoms with Crippen molar-refractivity contribution < 1.29 is 9.63 Å². The van der Waals surface area contributed by atoms with E-state index < -0.39 is 0 Å². The Labute approximate surface area is 67.3 Å². The van der Waals surface area contributed by atoms with Crippen LogP contribution in [0.25, 0.3) is 0 Å². The lowest BCUT2D eigenvalue weighted by Crippen LogP contribution is -2.25. The van der Waals surface area contributed by atoms with Crippen LogP contribution in [0.4, 0.5) is 0 Å². The van der Waals surface area contributed by atoms with Crippen molar-refractivity contribution in [3.8, 4) is 0 Å². The number of carbonyl (C=O) groups is 1. The summed E-state index contributed by atoms with van der Waals surface area (Å²) in [5.41, 5.74) is 0. The quantitative estimate of drug-likeness (QED) is 0.576. The van der Waals surface area contributed by atoms with Crippen molar-refractivity contribution in [1.29, 1.82) is 0 Å². The van der Waals surface area contributed by atoms with Crippen molar-refractivity contribution in [3.05, 3.63) is 0 Å². The zero-order valence-electron chi connectivity index (χ0n) is 7.01. The smallest absolute Gasteiger partial charge is 0.246 e. The monoisotopic (exact) mass is 157 g/mol. The van der Waals surface area contributed by atoms with E-state index in [1.165, 1.54) is 5.06 Å². The topological polar surface area (TPSA) is 29.5 Å². The number of hydroxylamine groups is 2. The van der Waals surface area contributed by atoms with Crippen LogP contribution in [-0.4, -0.2) is 24.1 Å². The lowest BCUT2D eigenvalue weighted by atomic mass is 10.4. The number of nitrogens with zero attached hydrogens (tertiary/aromatic N) is 1. The number of amides is 1. The highest BCUT2D eigenvalue weighted by molar-refractivity contribution is 5.76. The molecule has 0 unspecified atom stereocenters. The number of hydrogen-bond donors (Lipinski definition) is 0. The van der Waals surface area contributed by atoms with Crippen LogP contribution in [0.5, 0.6) is 0 Å². The molecule has 3 nitrogen and oxygen atoms in total. The first kappa shape index (κ1) is 8.53. The average Bonchev–Trinajstić information content (AvgIpc) is 2.37. The molecule has 1 fully saturated rings. The fourth-order valence-corrected chi connectivity index (χ4v) is 1.08. The summed E-state index contributed by atoms with van der Waals surface area (Å²) in [6.45, 7) is 3.57. The largest absolute Gasteiger partial charge is 0.273 e. The first-order valence-corrected chi connectivity index (χ1v) is 4.28. The summed E-state index contributed by atoms with van der Waals surface area (Å²) in [4.78, 5) is 16.2. The molecule has 1 aliphatic rings. The fourth-order valence-electron chi connectivity index (χ4n) is 1.08. The Bertz CT molecular complexity index is 136. The minimum Gasteiger partial charge on any atom is -0.273 e. The molecule has 1 rings (SSSR count). The van der Waals surface area contributed by atoms with Crippen LogP contribution in [0, 0.1) is 0 Å². The van der Waals surface area contributed by atoms with Gasteiger partial charge in [-0.05, 0) is 12.8 Å². The molecule has 0 atom stereocenters. The Morgan fingerprint density at radius 3 is 3.00 bits per heavy atom. The van der Waals surface area contributed by atoms with Crippen LogP contribution < -0.4 is 0 Å². The van der Waals surface area contributed by atoms with E-state index in [4.69, 9.17) is 4.84 Å². The molecule has 1 heterocycles. The minimum atomic E-state index is 0.140. The van der Waals surface area contributed by atoms with Crippen LogP contribution >= 0.6 is 0 Å². The summed E-state index contributed by atoms with van der Waals surface area (Å²) < 4.78 is 0. The third kappa shape index (κ3) is 2.50. The molecule has 1 saturated heterocycles. The fraction of sp³-hybridized carbons (Fsp3) is 0.875. The standard InChI is InChI=1S/C8H15NO2/c1-2-3-7-11-9-6-4-5-8(9)10/h2-7H2,1H3. The maximum absolute atomic E-state index is 11.0. The van der Waals surface area contributed by atoms with Crippen LogP contribution in [0.1, 0.15) is 32.6 Å². The van der Waals surface area contributed by atoms with Gasteiger partial charge in [-0.2, -0.15) is 0 Å². The molecule has 1 aliphatic heterocycles. The molecule has 0 saturated carbocycles. The molecule has 0 N–H and O–H groups in total. The van der Waals surface area contributed by atoms with E-state index in [-0.39, 0.29) is 5.91 Å². The van der Waals surface area contributed by atoms with Gasteiger partial charge in [0.1, 0.15) is 0 Å². The van der Waals surface area contributed by atoms with Crippen molar-refractivity contribution >= 4 is 5.91 Å². The summed E-state index contributed by atoms with van der Waals surface area (Å²) in [5, 5.41) is 1.50. The molecule has 0 spiro atoms. The van der Waals surface area contributed by atoms with Gasteiger partial charge in [-0.3, -0.25) is 9.63 Å². The Morgan fingerprint density at radius 2 is 2.45 bits per heavy atom. The molecular weight excluding hydrogens is 142 g/mol. The molecule has 64 valence electrons. The van der Waals surface area contributed by atoms with Gasteiger partial charge in [-0.15, -0.1) is 0 Å². The van der Waals surface area contributed by atoms with Crippen molar-refractivity contribution in [2.24, 2.45) is 0 Å². The number of hydrogen-bond acceptors (Lipinski definition) is 2. The number of carbonyl (C=O) groups excluding carboxylic acids is 1. The maximum atomic E-state index is 11.0. The summed E-state index contributed by atoms with van der Waals surface area (Å²) in [6, 6.07) is 0. The van der Waals surface area contributed by atoms with E-state index >= 15 is 0 Å². The predicted molar refractivity (Wildman–Crippen MR) is 41.8 cm³/mol. The van der Waals surface area contributed by atoms with Crippen LogP contribution in [-0.2, 0) is 9.63 Å². The van der Waals surface area contributed by atoms with Crippen molar-refractivity contribution in [3.63, 3.8) is 0 Å². The van der Waals surface area contributed by atoms with Gasteiger partial charge in [0.2, 0.25) is 5.91 Å². The summed E-state index contributed by atoms with van der Waals surface area (Å²) in [6.07, 6.45) is 3.75. The van der Waals surface area contributed by atoms with Gasteiger partial charge in [0.05, 0.1) is 6.61 Å². The van der Waals surface area contributed by atoms with E-state index in [0.29, 0.717) is 13.0 Å². The van der Waals surface area contributed by atoms with Gasteiger partial charge >= 0.3 is 0 Å². The van der Waals surface area contributed by atoms with Crippen molar-refractivity contribution in [2.75, 3.05) is 13.2 Å². The maximum Gasteiger partial charge on any atom is 0.246 e.